The van der Waals surface area contributed by atoms with E-state index in [1.165, 1.54) is 18.2 Å². The van der Waals surface area contributed by atoms with E-state index >= 15 is 0 Å². The summed E-state index contributed by atoms with van der Waals surface area (Å²) in [7, 11) is 0. The Morgan fingerprint density at radius 3 is 2.95 bits per heavy atom. The molecule has 0 radical (unpaired) electrons. The average Bonchev–Trinajstić information content (AvgIpc) is 2.38. The lowest BCUT2D eigenvalue weighted by Crippen LogP contribution is -2.44. The fourth-order valence-electron chi connectivity index (χ4n) is 2.03. The van der Waals surface area contributed by atoms with Gasteiger partial charge in [0.2, 0.25) is 5.75 Å². The number of phenolic OH excluding ortho intramolecular Hbond substituents is 1. The van der Waals surface area contributed by atoms with Crippen LogP contribution in [0.2, 0.25) is 0 Å². The van der Waals surface area contributed by atoms with Crippen molar-refractivity contribution in [2.45, 2.75) is 13.0 Å². The number of aromatic hydroxyl groups is 1. The normalized spacial score (nSPS) is 19.2. The molecule has 1 amide bonds. The summed E-state index contributed by atoms with van der Waals surface area (Å²) >= 11 is 1.77. The fraction of sp³-hybridized carbons (Fsp3) is 0.417. The molecule has 1 aromatic carbocycles. The summed E-state index contributed by atoms with van der Waals surface area (Å²) < 4.78 is 0. The summed E-state index contributed by atoms with van der Waals surface area (Å²) in [4.78, 5) is 24.0. The van der Waals surface area contributed by atoms with Gasteiger partial charge in [-0.2, -0.15) is 11.8 Å². The Bertz CT molecular complexity index is 520. The largest absolute Gasteiger partial charge is 0.502 e. The first-order valence-electron chi connectivity index (χ1n) is 5.87. The molecule has 0 spiro atoms. The minimum absolute atomic E-state index is 0.00653. The van der Waals surface area contributed by atoms with Crippen molar-refractivity contribution in [3.05, 3.63) is 33.9 Å². The van der Waals surface area contributed by atoms with Crippen LogP contribution in [0.5, 0.6) is 5.75 Å². The number of nitro benzene ring substituents is 1. The van der Waals surface area contributed by atoms with E-state index in [0.29, 0.717) is 6.54 Å². The van der Waals surface area contributed by atoms with Crippen LogP contribution in [0.4, 0.5) is 5.69 Å². The second kappa shape index (κ2) is 5.48. The molecule has 19 heavy (non-hydrogen) atoms. The molecule has 0 aliphatic carbocycles. The molecule has 1 saturated heterocycles. The summed E-state index contributed by atoms with van der Waals surface area (Å²) in [6.45, 7) is 2.52. The number of hydrogen-bond acceptors (Lipinski definition) is 5. The second-order valence-electron chi connectivity index (χ2n) is 4.35. The minimum atomic E-state index is -0.693. The standard InChI is InChI=1S/C12H14N2O4S/c1-8-7-19-6-5-13(8)12(16)9-3-2-4-10(11(9)15)14(17)18/h2-4,8,15H,5-7H2,1H3. The summed E-state index contributed by atoms with van der Waals surface area (Å²) in [5.74, 6) is 0.768. The number of nitro groups is 1. The average molecular weight is 282 g/mol. The summed E-state index contributed by atoms with van der Waals surface area (Å²) in [6, 6.07) is 4.07. The topological polar surface area (TPSA) is 83.7 Å². The van der Waals surface area contributed by atoms with Crippen molar-refractivity contribution < 1.29 is 14.8 Å². The number of carbonyl (C=O) groups excluding carboxylic acids is 1. The van der Waals surface area contributed by atoms with E-state index in [1.54, 1.807) is 16.7 Å². The van der Waals surface area contributed by atoms with Crippen LogP contribution in [0.3, 0.4) is 0 Å². The first kappa shape index (κ1) is 13.7. The van der Waals surface area contributed by atoms with Crippen LogP contribution in [-0.2, 0) is 0 Å². The van der Waals surface area contributed by atoms with Crippen molar-refractivity contribution >= 4 is 23.4 Å². The minimum Gasteiger partial charge on any atom is -0.502 e. The Morgan fingerprint density at radius 2 is 2.32 bits per heavy atom. The first-order valence-corrected chi connectivity index (χ1v) is 7.03. The molecule has 6 nitrogen and oxygen atoms in total. The molecular weight excluding hydrogens is 268 g/mol. The smallest absolute Gasteiger partial charge is 0.311 e. The summed E-state index contributed by atoms with van der Waals surface area (Å²) in [5.41, 5.74) is -0.446. The lowest BCUT2D eigenvalue weighted by atomic mass is 10.1. The lowest BCUT2D eigenvalue weighted by Gasteiger charge is -2.33. The zero-order chi connectivity index (χ0) is 14.0. The fourth-order valence-corrected chi connectivity index (χ4v) is 3.05. The summed E-state index contributed by atoms with van der Waals surface area (Å²) in [6.07, 6.45) is 0. The Balaban J connectivity index is 2.33. The van der Waals surface area contributed by atoms with Gasteiger partial charge in [-0.25, -0.2) is 0 Å². The maximum Gasteiger partial charge on any atom is 0.311 e. The van der Waals surface area contributed by atoms with Crippen molar-refractivity contribution in [2.24, 2.45) is 0 Å². The maximum absolute atomic E-state index is 12.3. The van der Waals surface area contributed by atoms with E-state index in [4.69, 9.17) is 0 Å². The molecule has 1 unspecified atom stereocenters. The number of benzene rings is 1. The molecular formula is C12H14N2O4S. The highest BCUT2D eigenvalue weighted by atomic mass is 32.2. The SMILES string of the molecule is CC1CSCCN1C(=O)c1cccc([N+](=O)[O-])c1O. The van der Waals surface area contributed by atoms with Gasteiger partial charge in [0.1, 0.15) is 0 Å². The van der Waals surface area contributed by atoms with Gasteiger partial charge in [0.15, 0.2) is 0 Å². The van der Waals surface area contributed by atoms with Gasteiger partial charge in [0.05, 0.1) is 10.5 Å². The summed E-state index contributed by atoms with van der Waals surface area (Å²) in [5, 5.41) is 20.6. The number of nitrogens with zero attached hydrogens (tertiary/aromatic N) is 2. The first-order chi connectivity index (χ1) is 9.02. The molecule has 7 heteroatoms. The molecule has 0 bridgehead atoms. The Kier molecular flexibility index (Phi) is 3.94. The van der Waals surface area contributed by atoms with Gasteiger partial charge in [-0.05, 0) is 13.0 Å². The van der Waals surface area contributed by atoms with Gasteiger partial charge in [-0.3, -0.25) is 14.9 Å². The highest BCUT2D eigenvalue weighted by Gasteiger charge is 2.28. The molecule has 1 heterocycles. The van der Waals surface area contributed by atoms with Gasteiger partial charge < -0.3 is 10.0 Å². The van der Waals surface area contributed by atoms with Gasteiger partial charge in [0, 0.05) is 30.2 Å². The van der Waals surface area contributed by atoms with E-state index in [-0.39, 0.29) is 17.5 Å². The van der Waals surface area contributed by atoms with E-state index in [0.717, 1.165) is 11.5 Å². The molecule has 1 atom stereocenters. The number of hydrogen-bond donors (Lipinski definition) is 1. The van der Waals surface area contributed by atoms with Crippen LogP contribution in [0.25, 0.3) is 0 Å². The second-order valence-corrected chi connectivity index (χ2v) is 5.50. The zero-order valence-electron chi connectivity index (χ0n) is 10.4. The Labute approximate surface area is 114 Å². The number of carbonyl (C=O) groups is 1. The predicted octanol–water partition coefficient (Wildman–Crippen LogP) is 1.88. The molecule has 1 aliphatic heterocycles. The van der Waals surface area contributed by atoms with Crippen LogP contribution in [-0.4, -0.2) is 44.9 Å². The number of para-hydroxylation sites is 1. The number of thioether (sulfide) groups is 1. The number of amides is 1. The zero-order valence-corrected chi connectivity index (χ0v) is 11.2. The third kappa shape index (κ3) is 2.65. The molecule has 1 fully saturated rings. The van der Waals surface area contributed by atoms with Crippen molar-refractivity contribution in [1.82, 2.24) is 4.90 Å². The Morgan fingerprint density at radius 1 is 1.58 bits per heavy atom. The third-order valence-corrected chi connectivity index (χ3v) is 4.26. The van der Waals surface area contributed by atoms with Crippen molar-refractivity contribution in [3.63, 3.8) is 0 Å². The Hall–Kier alpha value is -1.76. The van der Waals surface area contributed by atoms with Gasteiger partial charge in [-0.1, -0.05) is 6.07 Å². The third-order valence-electron chi connectivity index (χ3n) is 3.07. The lowest BCUT2D eigenvalue weighted by molar-refractivity contribution is -0.385. The van der Waals surface area contributed by atoms with Gasteiger partial charge >= 0.3 is 5.69 Å². The van der Waals surface area contributed by atoms with E-state index < -0.39 is 16.4 Å². The van der Waals surface area contributed by atoms with Gasteiger partial charge in [-0.15, -0.1) is 0 Å². The van der Waals surface area contributed by atoms with E-state index in [1.807, 2.05) is 6.92 Å². The highest BCUT2D eigenvalue weighted by Crippen LogP contribution is 2.31. The molecule has 0 saturated carbocycles. The van der Waals surface area contributed by atoms with Crippen LogP contribution in [0, 0.1) is 10.1 Å². The van der Waals surface area contributed by atoms with Crippen LogP contribution in [0.15, 0.2) is 18.2 Å². The monoisotopic (exact) mass is 282 g/mol. The molecule has 102 valence electrons. The van der Waals surface area contributed by atoms with Crippen molar-refractivity contribution in [2.75, 3.05) is 18.1 Å². The van der Waals surface area contributed by atoms with E-state index in [9.17, 15) is 20.0 Å². The maximum atomic E-state index is 12.3. The molecule has 0 aromatic heterocycles. The van der Waals surface area contributed by atoms with Crippen molar-refractivity contribution in [1.29, 1.82) is 0 Å². The molecule has 1 aromatic rings. The quantitative estimate of drug-likeness (QED) is 0.661. The number of rotatable bonds is 2. The van der Waals surface area contributed by atoms with Crippen LogP contribution >= 0.6 is 11.8 Å². The highest BCUT2D eigenvalue weighted by molar-refractivity contribution is 7.99. The molecule has 2 rings (SSSR count). The number of phenols is 1. The molecule has 1 N–H and O–H groups in total. The van der Waals surface area contributed by atoms with E-state index in [2.05, 4.69) is 0 Å². The van der Waals surface area contributed by atoms with Crippen molar-refractivity contribution in [3.8, 4) is 5.75 Å². The predicted molar refractivity (Wildman–Crippen MR) is 72.6 cm³/mol. The molecule has 1 aliphatic rings. The van der Waals surface area contributed by atoms with Gasteiger partial charge in [0.25, 0.3) is 5.91 Å². The van der Waals surface area contributed by atoms with Crippen LogP contribution < -0.4 is 0 Å². The van der Waals surface area contributed by atoms with Crippen LogP contribution in [0.1, 0.15) is 17.3 Å².